The second kappa shape index (κ2) is 4.36. The molecule has 0 spiro atoms. The minimum absolute atomic E-state index is 0.277. The number of amides is 1. The van der Waals surface area contributed by atoms with Gasteiger partial charge in [0.25, 0.3) is 0 Å². The number of likely N-dealkylation sites (tertiary alicyclic amines) is 1. The van der Waals surface area contributed by atoms with E-state index in [2.05, 4.69) is 10.2 Å². The molecule has 3 atom stereocenters. The summed E-state index contributed by atoms with van der Waals surface area (Å²) < 4.78 is 0. The number of carbonyl (C=O) groups excluding carboxylic acids is 1. The van der Waals surface area contributed by atoms with Crippen LogP contribution in [0.2, 0.25) is 0 Å². The third-order valence-electron chi connectivity index (χ3n) is 4.69. The van der Waals surface area contributed by atoms with E-state index >= 15 is 0 Å². The van der Waals surface area contributed by atoms with E-state index in [-0.39, 0.29) is 5.92 Å². The quantitative estimate of drug-likeness (QED) is 0.727. The Kier molecular flexibility index (Phi) is 2.88. The third kappa shape index (κ3) is 1.75. The Morgan fingerprint density at radius 3 is 2.81 bits per heavy atom. The molecule has 0 aromatic carbocycles. The number of piperidine rings is 1. The summed E-state index contributed by atoms with van der Waals surface area (Å²) in [4.78, 5) is 14.7. The molecule has 2 heterocycles. The normalized spacial score (nSPS) is 38.8. The Morgan fingerprint density at radius 1 is 1.12 bits per heavy atom. The van der Waals surface area contributed by atoms with Crippen LogP contribution in [0.5, 0.6) is 0 Å². The van der Waals surface area contributed by atoms with Crippen molar-refractivity contribution in [2.75, 3.05) is 19.6 Å². The molecule has 1 aliphatic carbocycles. The van der Waals surface area contributed by atoms with Crippen LogP contribution in [0.3, 0.4) is 0 Å². The zero-order valence-corrected chi connectivity index (χ0v) is 9.95. The fourth-order valence-corrected chi connectivity index (χ4v) is 3.83. The monoisotopic (exact) mass is 222 g/mol. The van der Waals surface area contributed by atoms with E-state index in [1.54, 1.807) is 0 Å². The topological polar surface area (TPSA) is 32.3 Å². The predicted molar refractivity (Wildman–Crippen MR) is 63.1 cm³/mol. The SMILES string of the molecule is O=C(C1CCNC1)N1CCCC2CCCC21. The van der Waals surface area contributed by atoms with Gasteiger partial charge in [-0.05, 0) is 44.6 Å². The lowest BCUT2D eigenvalue weighted by atomic mass is 9.90. The van der Waals surface area contributed by atoms with E-state index < -0.39 is 0 Å². The van der Waals surface area contributed by atoms with Crippen molar-refractivity contribution in [1.82, 2.24) is 10.2 Å². The summed E-state index contributed by atoms with van der Waals surface area (Å²) in [6, 6.07) is 0.599. The summed E-state index contributed by atoms with van der Waals surface area (Å²) >= 11 is 0. The zero-order valence-electron chi connectivity index (χ0n) is 9.95. The molecule has 16 heavy (non-hydrogen) atoms. The van der Waals surface area contributed by atoms with Crippen LogP contribution in [0.1, 0.15) is 38.5 Å². The Hall–Kier alpha value is -0.570. The molecule has 3 heteroatoms. The molecule has 1 N–H and O–H groups in total. The Morgan fingerprint density at radius 2 is 2.00 bits per heavy atom. The smallest absolute Gasteiger partial charge is 0.227 e. The van der Waals surface area contributed by atoms with Gasteiger partial charge in [0.05, 0.1) is 5.92 Å². The second-order valence-corrected chi connectivity index (χ2v) is 5.62. The van der Waals surface area contributed by atoms with Gasteiger partial charge in [-0.2, -0.15) is 0 Å². The van der Waals surface area contributed by atoms with Gasteiger partial charge in [-0.25, -0.2) is 0 Å². The van der Waals surface area contributed by atoms with Crippen molar-refractivity contribution < 1.29 is 4.79 Å². The van der Waals surface area contributed by atoms with Crippen LogP contribution in [0, 0.1) is 11.8 Å². The summed E-state index contributed by atoms with van der Waals surface area (Å²) in [5.74, 6) is 1.55. The molecule has 90 valence electrons. The first-order chi connectivity index (χ1) is 7.86. The van der Waals surface area contributed by atoms with Crippen LogP contribution >= 0.6 is 0 Å². The van der Waals surface area contributed by atoms with Crippen LogP contribution < -0.4 is 5.32 Å². The lowest BCUT2D eigenvalue weighted by molar-refractivity contribution is -0.139. The lowest BCUT2D eigenvalue weighted by Crippen LogP contribution is -2.48. The molecule has 0 bridgehead atoms. The average molecular weight is 222 g/mol. The number of hydrogen-bond donors (Lipinski definition) is 1. The van der Waals surface area contributed by atoms with Crippen molar-refractivity contribution in [1.29, 1.82) is 0 Å². The van der Waals surface area contributed by atoms with Gasteiger partial charge >= 0.3 is 0 Å². The number of fused-ring (bicyclic) bond motifs is 1. The van der Waals surface area contributed by atoms with Gasteiger partial charge in [-0.3, -0.25) is 4.79 Å². The maximum Gasteiger partial charge on any atom is 0.227 e. The van der Waals surface area contributed by atoms with Crippen LogP contribution in [-0.2, 0) is 4.79 Å². The third-order valence-corrected chi connectivity index (χ3v) is 4.69. The molecule has 0 aromatic rings. The molecule has 2 saturated heterocycles. The minimum Gasteiger partial charge on any atom is -0.339 e. The van der Waals surface area contributed by atoms with Gasteiger partial charge < -0.3 is 10.2 Å². The van der Waals surface area contributed by atoms with E-state index in [1.807, 2.05) is 0 Å². The molecule has 0 aromatic heterocycles. The number of nitrogens with one attached hydrogen (secondary N) is 1. The Bertz CT molecular complexity index is 273. The summed E-state index contributed by atoms with van der Waals surface area (Å²) in [7, 11) is 0. The number of rotatable bonds is 1. The predicted octanol–water partition coefficient (Wildman–Crippen LogP) is 1.39. The standard InChI is InChI=1S/C13H22N2O/c16-13(11-6-7-14-9-11)15-8-2-4-10-3-1-5-12(10)15/h10-12,14H,1-9H2. The van der Waals surface area contributed by atoms with E-state index in [0.29, 0.717) is 11.9 Å². The molecule has 1 amide bonds. The number of nitrogens with zero attached hydrogens (tertiary/aromatic N) is 1. The maximum absolute atomic E-state index is 12.4. The molecular weight excluding hydrogens is 200 g/mol. The summed E-state index contributed by atoms with van der Waals surface area (Å²) in [6.07, 6.45) is 7.59. The molecule has 3 fully saturated rings. The minimum atomic E-state index is 0.277. The van der Waals surface area contributed by atoms with E-state index in [4.69, 9.17) is 0 Å². The summed E-state index contributed by atoms with van der Waals surface area (Å²) in [5, 5.41) is 3.30. The van der Waals surface area contributed by atoms with Crippen LogP contribution in [0.15, 0.2) is 0 Å². The van der Waals surface area contributed by atoms with Gasteiger partial charge in [-0.1, -0.05) is 6.42 Å². The summed E-state index contributed by atoms with van der Waals surface area (Å²) in [6.45, 7) is 2.96. The fraction of sp³-hybridized carbons (Fsp3) is 0.923. The molecule has 3 unspecified atom stereocenters. The zero-order chi connectivity index (χ0) is 11.0. The Labute approximate surface area is 97.6 Å². The van der Waals surface area contributed by atoms with Gasteiger partial charge in [0, 0.05) is 19.1 Å². The van der Waals surface area contributed by atoms with Crippen LogP contribution in [0.25, 0.3) is 0 Å². The lowest BCUT2D eigenvalue weighted by Gasteiger charge is -2.39. The molecule has 2 aliphatic heterocycles. The van der Waals surface area contributed by atoms with E-state index in [9.17, 15) is 4.79 Å². The van der Waals surface area contributed by atoms with E-state index in [0.717, 1.165) is 32.0 Å². The highest BCUT2D eigenvalue weighted by Crippen LogP contribution is 2.37. The van der Waals surface area contributed by atoms with Crippen molar-refractivity contribution in [3.63, 3.8) is 0 Å². The molecule has 3 nitrogen and oxygen atoms in total. The highest BCUT2D eigenvalue weighted by atomic mass is 16.2. The summed E-state index contributed by atoms with van der Waals surface area (Å²) in [5.41, 5.74) is 0. The number of hydrogen-bond acceptors (Lipinski definition) is 2. The highest BCUT2D eigenvalue weighted by Gasteiger charge is 2.39. The molecular formula is C13H22N2O. The first kappa shape index (κ1) is 10.6. The fourth-order valence-electron chi connectivity index (χ4n) is 3.83. The molecule has 3 aliphatic rings. The van der Waals surface area contributed by atoms with Gasteiger partial charge in [0.15, 0.2) is 0 Å². The van der Waals surface area contributed by atoms with Gasteiger partial charge in [0.1, 0.15) is 0 Å². The van der Waals surface area contributed by atoms with Crippen molar-refractivity contribution in [3.05, 3.63) is 0 Å². The van der Waals surface area contributed by atoms with Crippen LogP contribution in [0.4, 0.5) is 0 Å². The van der Waals surface area contributed by atoms with Gasteiger partial charge in [-0.15, -0.1) is 0 Å². The largest absolute Gasteiger partial charge is 0.339 e. The van der Waals surface area contributed by atoms with Crippen molar-refractivity contribution in [2.45, 2.75) is 44.6 Å². The van der Waals surface area contributed by atoms with Gasteiger partial charge in [0.2, 0.25) is 5.91 Å². The van der Waals surface area contributed by atoms with E-state index in [1.165, 1.54) is 32.1 Å². The van der Waals surface area contributed by atoms with Crippen molar-refractivity contribution >= 4 is 5.91 Å². The number of carbonyl (C=O) groups is 1. The molecule has 0 radical (unpaired) electrons. The first-order valence-electron chi connectivity index (χ1n) is 6.87. The van der Waals surface area contributed by atoms with Crippen molar-refractivity contribution in [3.8, 4) is 0 Å². The Balaban J connectivity index is 1.70. The first-order valence-corrected chi connectivity index (χ1v) is 6.87. The highest BCUT2D eigenvalue weighted by molar-refractivity contribution is 5.80. The maximum atomic E-state index is 12.4. The van der Waals surface area contributed by atoms with Crippen LogP contribution in [-0.4, -0.2) is 36.5 Å². The van der Waals surface area contributed by atoms with Crippen molar-refractivity contribution in [2.24, 2.45) is 11.8 Å². The molecule has 1 saturated carbocycles. The molecule has 3 rings (SSSR count). The average Bonchev–Trinajstić information content (AvgIpc) is 2.98. The second-order valence-electron chi connectivity index (χ2n) is 5.62.